The number of hydrogen-bond acceptors (Lipinski definition) is 6. The van der Waals surface area contributed by atoms with Gasteiger partial charge in [-0.15, -0.1) is 11.3 Å². The zero-order chi connectivity index (χ0) is 17.9. The Bertz CT molecular complexity index is 846. The molecule has 1 aromatic carbocycles. The number of ether oxygens (including phenoxy) is 1. The fraction of sp³-hybridized carbons (Fsp3) is 0.375. The molecule has 1 amide bonds. The van der Waals surface area contributed by atoms with Gasteiger partial charge in [0.15, 0.2) is 0 Å². The predicted molar refractivity (Wildman–Crippen MR) is 93.8 cm³/mol. The van der Waals surface area contributed by atoms with E-state index in [0.29, 0.717) is 30.3 Å². The Morgan fingerprint density at radius 1 is 1.40 bits per heavy atom. The molecule has 0 bridgehead atoms. The zero-order valence-corrected chi connectivity index (χ0v) is 15.3. The molecule has 9 heteroatoms. The number of sulfonamides is 1. The van der Waals surface area contributed by atoms with Crippen molar-refractivity contribution < 1.29 is 17.9 Å². The molecule has 0 unspecified atom stereocenters. The topological polar surface area (TPSA) is 97.4 Å². The number of thiazole rings is 1. The van der Waals surface area contributed by atoms with Crippen molar-refractivity contribution in [2.24, 2.45) is 5.41 Å². The van der Waals surface area contributed by atoms with E-state index < -0.39 is 10.0 Å². The van der Waals surface area contributed by atoms with Crippen molar-refractivity contribution in [3.63, 3.8) is 0 Å². The highest BCUT2D eigenvalue weighted by Gasteiger charge is 2.33. The van der Waals surface area contributed by atoms with Crippen LogP contribution in [0.1, 0.15) is 22.3 Å². The average molecular weight is 381 g/mol. The number of benzene rings is 1. The SMILES string of the molecule is CC1(CNC(=O)c2cccc(S(=O)(=O)NCc3nccs3)c2)COC1. The summed E-state index contributed by atoms with van der Waals surface area (Å²) in [6.07, 6.45) is 1.62. The van der Waals surface area contributed by atoms with E-state index in [1.165, 1.54) is 23.5 Å². The molecule has 134 valence electrons. The molecular formula is C16H19N3O4S2. The number of amides is 1. The van der Waals surface area contributed by atoms with Crippen LogP contribution in [0.25, 0.3) is 0 Å². The van der Waals surface area contributed by atoms with Gasteiger partial charge in [-0.25, -0.2) is 18.1 Å². The number of aromatic nitrogens is 1. The minimum Gasteiger partial charge on any atom is -0.380 e. The van der Waals surface area contributed by atoms with Gasteiger partial charge in [-0.05, 0) is 18.2 Å². The Kier molecular flexibility index (Phi) is 5.19. The summed E-state index contributed by atoms with van der Waals surface area (Å²) >= 11 is 1.37. The predicted octanol–water partition coefficient (Wildman–Crippen LogP) is 1.39. The molecule has 0 aliphatic carbocycles. The van der Waals surface area contributed by atoms with Crippen LogP contribution in [-0.4, -0.2) is 39.1 Å². The van der Waals surface area contributed by atoms with Crippen LogP contribution in [0, 0.1) is 5.41 Å². The van der Waals surface area contributed by atoms with E-state index >= 15 is 0 Å². The summed E-state index contributed by atoms with van der Waals surface area (Å²) < 4.78 is 32.4. The molecule has 1 saturated heterocycles. The third-order valence-corrected chi connectivity index (χ3v) is 6.06. The summed E-state index contributed by atoms with van der Waals surface area (Å²) in [5.41, 5.74) is 0.259. The second-order valence-electron chi connectivity index (χ2n) is 6.26. The lowest BCUT2D eigenvalue weighted by Crippen LogP contribution is -2.48. The maximum Gasteiger partial charge on any atom is 0.251 e. The van der Waals surface area contributed by atoms with Gasteiger partial charge in [0.25, 0.3) is 5.91 Å². The number of hydrogen-bond donors (Lipinski definition) is 2. The van der Waals surface area contributed by atoms with E-state index in [1.807, 2.05) is 6.92 Å². The Morgan fingerprint density at radius 3 is 2.84 bits per heavy atom. The van der Waals surface area contributed by atoms with Gasteiger partial charge in [-0.3, -0.25) is 4.79 Å². The van der Waals surface area contributed by atoms with Crippen molar-refractivity contribution in [1.82, 2.24) is 15.0 Å². The van der Waals surface area contributed by atoms with Crippen LogP contribution in [0.3, 0.4) is 0 Å². The summed E-state index contributed by atoms with van der Waals surface area (Å²) in [7, 11) is -3.71. The summed E-state index contributed by atoms with van der Waals surface area (Å²) in [4.78, 5) is 16.4. The fourth-order valence-electron chi connectivity index (χ4n) is 2.33. The number of nitrogens with zero attached hydrogens (tertiary/aromatic N) is 1. The van der Waals surface area contributed by atoms with Crippen molar-refractivity contribution in [2.75, 3.05) is 19.8 Å². The van der Waals surface area contributed by atoms with E-state index in [4.69, 9.17) is 4.74 Å². The van der Waals surface area contributed by atoms with Crippen LogP contribution in [0.4, 0.5) is 0 Å². The molecule has 3 rings (SSSR count). The number of rotatable bonds is 7. The minimum absolute atomic E-state index is 0.0470. The average Bonchev–Trinajstić information content (AvgIpc) is 3.10. The molecule has 25 heavy (non-hydrogen) atoms. The second kappa shape index (κ2) is 7.20. The molecule has 2 aromatic rings. The Balaban J connectivity index is 1.66. The quantitative estimate of drug-likeness (QED) is 0.755. The van der Waals surface area contributed by atoms with Crippen molar-refractivity contribution >= 4 is 27.3 Å². The fourth-order valence-corrected chi connectivity index (χ4v) is 4.01. The molecule has 0 saturated carbocycles. The molecule has 1 fully saturated rings. The van der Waals surface area contributed by atoms with Crippen molar-refractivity contribution in [3.05, 3.63) is 46.4 Å². The molecule has 1 aliphatic rings. The molecule has 2 heterocycles. The highest BCUT2D eigenvalue weighted by atomic mass is 32.2. The Labute approximate surface area is 150 Å². The first-order valence-corrected chi connectivity index (χ1v) is 10.1. The molecular weight excluding hydrogens is 362 g/mol. The minimum atomic E-state index is -3.71. The van der Waals surface area contributed by atoms with E-state index in [2.05, 4.69) is 15.0 Å². The van der Waals surface area contributed by atoms with Crippen molar-refractivity contribution in [1.29, 1.82) is 0 Å². The van der Waals surface area contributed by atoms with Crippen LogP contribution in [0.5, 0.6) is 0 Å². The maximum atomic E-state index is 12.4. The summed E-state index contributed by atoms with van der Waals surface area (Å²) in [5.74, 6) is -0.301. The van der Waals surface area contributed by atoms with E-state index in [0.717, 1.165) is 0 Å². The van der Waals surface area contributed by atoms with Gasteiger partial charge in [0.05, 0.1) is 24.7 Å². The molecule has 1 aromatic heterocycles. The number of nitrogens with one attached hydrogen (secondary N) is 2. The zero-order valence-electron chi connectivity index (χ0n) is 13.7. The van der Waals surface area contributed by atoms with Gasteiger partial charge < -0.3 is 10.1 Å². The lowest BCUT2D eigenvalue weighted by atomic mass is 9.89. The lowest BCUT2D eigenvalue weighted by Gasteiger charge is -2.38. The van der Waals surface area contributed by atoms with Crippen LogP contribution >= 0.6 is 11.3 Å². The summed E-state index contributed by atoms with van der Waals surface area (Å²) in [6, 6.07) is 5.98. The van der Waals surface area contributed by atoms with Crippen molar-refractivity contribution in [2.45, 2.75) is 18.4 Å². The molecule has 0 radical (unpaired) electrons. The molecule has 7 nitrogen and oxygen atoms in total. The highest BCUT2D eigenvalue weighted by molar-refractivity contribution is 7.89. The monoisotopic (exact) mass is 381 g/mol. The lowest BCUT2D eigenvalue weighted by molar-refractivity contribution is -0.0978. The van der Waals surface area contributed by atoms with Crippen LogP contribution in [0.15, 0.2) is 40.7 Å². The Morgan fingerprint density at radius 2 is 2.20 bits per heavy atom. The molecule has 2 N–H and O–H groups in total. The van der Waals surface area contributed by atoms with Crippen LogP contribution in [0.2, 0.25) is 0 Å². The third kappa shape index (κ3) is 4.43. The summed E-state index contributed by atoms with van der Waals surface area (Å²) in [5, 5.41) is 5.29. The van der Waals surface area contributed by atoms with E-state index in [1.54, 1.807) is 23.7 Å². The van der Waals surface area contributed by atoms with Gasteiger partial charge in [0.1, 0.15) is 5.01 Å². The van der Waals surface area contributed by atoms with Crippen LogP contribution < -0.4 is 10.0 Å². The van der Waals surface area contributed by atoms with Gasteiger partial charge in [-0.1, -0.05) is 13.0 Å². The second-order valence-corrected chi connectivity index (χ2v) is 9.01. The van der Waals surface area contributed by atoms with E-state index in [-0.39, 0.29) is 22.8 Å². The first kappa shape index (κ1) is 18.0. The van der Waals surface area contributed by atoms with Gasteiger partial charge in [-0.2, -0.15) is 0 Å². The third-order valence-electron chi connectivity index (χ3n) is 3.88. The normalized spacial score (nSPS) is 16.2. The first-order chi connectivity index (χ1) is 11.9. The molecule has 0 spiro atoms. The highest BCUT2D eigenvalue weighted by Crippen LogP contribution is 2.25. The first-order valence-electron chi connectivity index (χ1n) is 7.72. The van der Waals surface area contributed by atoms with E-state index in [9.17, 15) is 13.2 Å². The number of carbonyl (C=O) groups excluding carboxylic acids is 1. The standard InChI is InChI=1S/C16H19N3O4S2/c1-16(10-23-11-16)9-18-15(20)12-3-2-4-13(7-12)25(21,22)19-8-14-17-5-6-24-14/h2-7,19H,8-11H2,1H3,(H,18,20). The van der Waals surface area contributed by atoms with Gasteiger partial charge in [0.2, 0.25) is 10.0 Å². The molecule has 0 atom stereocenters. The summed E-state index contributed by atoms with van der Waals surface area (Å²) in [6.45, 7) is 3.87. The van der Waals surface area contributed by atoms with Gasteiger partial charge >= 0.3 is 0 Å². The van der Waals surface area contributed by atoms with Crippen LogP contribution in [-0.2, 0) is 21.3 Å². The van der Waals surface area contributed by atoms with Gasteiger partial charge in [0, 0.05) is 29.1 Å². The maximum absolute atomic E-state index is 12.4. The largest absolute Gasteiger partial charge is 0.380 e. The Hall–Kier alpha value is -1.81. The number of carbonyl (C=O) groups is 1. The molecule has 1 aliphatic heterocycles. The van der Waals surface area contributed by atoms with Crippen molar-refractivity contribution in [3.8, 4) is 0 Å². The smallest absolute Gasteiger partial charge is 0.251 e.